The van der Waals surface area contributed by atoms with Crippen LogP contribution in [0.1, 0.15) is 6.92 Å². The van der Waals surface area contributed by atoms with Gasteiger partial charge in [-0.15, -0.1) is 0 Å². The molecule has 1 aliphatic heterocycles. The molecule has 1 aromatic carbocycles. The van der Waals surface area contributed by atoms with Gasteiger partial charge in [-0.2, -0.15) is 0 Å². The maximum atomic E-state index is 13.5. The SMILES string of the molecule is CCOc1cc(N)c(F)cc1N1CCOCC1. The van der Waals surface area contributed by atoms with Crippen LogP contribution < -0.4 is 15.4 Å². The maximum absolute atomic E-state index is 13.5. The van der Waals surface area contributed by atoms with E-state index >= 15 is 0 Å². The predicted molar refractivity (Wildman–Crippen MR) is 65.0 cm³/mol. The summed E-state index contributed by atoms with van der Waals surface area (Å²) in [4.78, 5) is 2.05. The fraction of sp³-hybridized carbons (Fsp3) is 0.500. The standard InChI is InChI=1S/C12H17FN2O2/c1-2-17-12-8-10(14)9(13)7-11(12)15-3-5-16-6-4-15/h7-8H,2-6,14H2,1H3. The summed E-state index contributed by atoms with van der Waals surface area (Å²) < 4.78 is 24.3. The molecule has 1 saturated heterocycles. The molecule has 94 valence electrons. The number of rotatable bonds is 3. The summed E-state index contributed by atoms with van der Waals surface area (Å²) in [6.45, 7) is 5.20. The first-order valence-electron chi connectivity index (χ1n) is 5.77. The van der Waals surface area contributed by atoms with Crippen LogP contribution >= 0.6 is 0 Å². The highest BCUT2D eigenvalue weighted by Crippen LogP contribution is 2.33. The van der Waals surface area contributed by atoms with Crippen molar-refractivity contribution in [2.45, 2.75) is 6.92 Å². The number of nitrogen functional groups attached to an aromatic ring is 1. The minimum absolute atomic E-state index is 0.116. The second kappa shape index (κ2) is 5.23. The third-order valence-corrected chi connectivity index (χ3v) is 2.73. The van der Waals surface area contributed by atoms with Crippen molar-refractivity contribution in [2.75, 3.05) is 43.5 Å². The van der Waals surface area contributed by atoms with Gasteiger partial charge in [0.1, 0.15) is 11.6 Å². The van der Waals surface area contributed by atoms with E-state index in [4.69, 9.17) is 15.2 Å². The Bertz CT molecular complexity index is 392. The van der Waals surface area contributed by atoms with Crippen molar-refractivity contribution < 1.29 is 13.9 Å². The Balaban J connectivity index is 2.32. The number of benzene rings is 1. The number of halogens is 1. The first kappa shape index (κ1) is 12.0. The monoisotopic (exact) mass is 240 g/mol. The van der Waals surface area contributed by atoms with Crippen molar-refractivity contribution in [1.82, 2.24) is 0 Å². The van der Waals surface area contributed by atoms with E-state index in [0.717, 1.165) is 18.8 Å². The molecule has 0 bridgehead atoms. The first-order valence-corrected chi connectivity index (χ1v) is 5.77. The highest BCUT2D eigenvalue weighted by Gasteiger charge is 2.17. The molecule has 5 heteroatoms. The molecule has 0 radical (unpaired) electrons. The topological polar surface area (TPSA) is 47.7 Å². The average molecular weight is 240 g/mol. The molecule has 0 spiro atoms. The molecular weight excluding hydrogens is 223 g/mol. The lowest BCUT2D eigenvalue weighted by atomic mass is 10.2. The second-order valence-corrected chi connectivity index (χ2v) is 3.87. The lowest BCUT2D eigenvalue weighted by Gasteiger charge is -2.30. The molecule has 4 nitrogen and oxygen atoms in total. The number of anilines is 2. The van der Waals surface area contributed by atoms with Crippen LogP contribution in [0, 0.1) is 5.82 Å². The summed E-state index contributed by atoms with van der Waals surface area (Å²) in [5, 5.41) is 0. The van der Waals surface area contributed by atoms with Crippen LogP contribution in [0.15, 0.2) is 12.1 Å². The number of hydrogen-bond acceptors (Lipinski definition) is 4. The van der Waals surface area contributed by atoms with Gasteiger partial charge in [0.25, 0.3) is 0 Å². The minimum Gasteiger partial charge on any atom is -0.492 e. The fourth-order valence-electron chi connectivity index (χ4n) is 1.88. The van der Waals surface area contributed by atoms with Crippen molar-refractivity contribution in [3.63, 3.8) is 0 Å². The Kier molecular flexibility index (Phi) is 3.68. The highest BCUT2D eigenvalue weighted by atomic mass is 19.1. The zero-order chi connectivity index (χ0) is 12.3. The van der Waals surface area contributed by atoms with E-state index in [9.17, 15) is 4.39 Å². The Labute approximate surface area is 100 Å². The summed E-state index contributed by atoms with van der Waals surface area (Å²) in [5.41, 5.74) is 6.42. The molecule has 1 fully saturated rings. The molecule has 17 heavy (non-hydrogen) atoms. The van der Waals surface area contributed by atoms with Crippen LogP contribution in [-0.2, 0) is 4.74 Å². The van der Waals surface area contributed by atoms with Crippen molar-refractivity contribution in [1.29, 1.82) is 0 Å². The summed E-state index contributed by atoms with van der Waals surface area (Å²) >= 11 is 0. The van der Waals surface area contributed by atoms with Crippen LogP contribution in [0.5, 0.6) is 5.75 Å². The van der Waals surface area contributed by atoms with Gasteiger partial charge in [0.05, 0.1) is 31.2 Å². The maximum Gasteiger partial charge on any atom is 0.148 e. The summed E-state index contributed by atoms with van der Waals surface area (Å²) in [5.74, 6) is 0.225. The van der Waals surface area contributed by atoms with E-state index in [1.165, 1.54) is 6.07 Å². The van der Waals surface area contributed by atoms with Crippen LogP contribution in [0.25, 0.3) is 0 Å². The van der Waals surface area contributed by atoms with Gasteiger partial charge < -0.3 is 20.1 Å². The molecule has 0 aliphatic carbocycles. The second-order valence-electron chi connectivity index (χ2n) is 3.87. The largest absolute Gasteiger partial charge is 0.492 e. The fourth-order valence-corrected chi connectivity index (χ4v) is 1.88. The van der Waals surface area contributed by atoms with Crippen molar-refractivity contribution >= 4 is 11.4 Å². The van der Waals surface area contributed by atoms with Crippen molar-refractivity contribution in [3.05, 3.63) is 17.9 Å². The van der Waals surface area contributed by atoms with Crippen LogP contribution in [-0.4, -0.2) is 32.9 Å². The molecule has 0 saturated carbocycles. The molecule has 1 heterocycles. The Morgan fingerprint density at radius 1 is 1.41 bits per heavy atom. The third-order valence-electron chi connectivity index (χ3n) is 2.73. The van der Waals surface area contributed by atoms with Gasteiger partial charge in [0.2, 0.25) is 0 Å². The normalized spacial score (nSPS) is 16.0. The molecular formula is C12H17FN2O2. The summed E-state index contributed by atoms with van der Waals surface area (Å²) in [6.07, 6.45) is 0. The van der Waals surface area contributed by atoms with E-state index < -0.39 is 5.82 Å². The highest BCUT2D eigenvalue weighted by molar-refractivity contribution is 5.64. The van der Waals surface area contributed by atoms with E-state index in [0.29, 0.717) is 25.6 Å². The van der Waals surface area contributed by atoms with Crippen LogP contribution in [0.2, 0.25) is 0 Å². The quantitative estimate of drug-likeness (QED) is 0.816. The summed E-state index contributed by atoms with van der Waals surface area (Å²) in [7, 11) is 0. The van der Waals surface area contributed by atoms with Gasteiger partial charge in [0.15, 0.2) is 0 Å². The first-order chi connectivity index (χ1) is 8.22. The number of nitrogens with two attached hydrogens (primary N) is 1. The molecule has 0 amide bonds. The number of hydrogen-bond donors (Lipinski definition) is 1. The Morgan fingerprint density at radius 3 is 2.76 bits per heavy atom. The molecule has 0 unspecified atom stereocenters. The van der Waals surface area contributed by atoms with Gasteiger partial charge in [0, 0.05) is 25.2 Å². The van der Waals surface area contributed by atoms with E-state index in [2.05, 4.69) is 4.90 Å². The van der Waals surface area contributed by atoms with Gasteiger partial charge >= 0.3 is 0 Å². The smallest absolute Gasteiger partial charge is 0.148 e. The average Bonchev–Trinajstić information content (AvgIpc) is 2.35. The minimum atomic E-state index is -0.407. The lowest BCUT2D eigenvalue weighted by molar-refractivity contribution is 0.122. The van der Waals surface area contributed by atoms with E-state index in [1.54, 1.807) is 6.07 Å². The zero-order valence-corrected chi connectivity index (χ0v) is 9.91. The Hall–Kier alpha value is -1.49. The van der Waals surface area contributed by atoms with Gasteiger partial charge in [-0.05, 0) is 6.92 Å². The molecule has 0 aromatic heterocycles. The number of morpholine rings is 1. The molecule has 2 rings (SSSR count). The predicted octanol–water partition coefficient (Wildman–Crippen LogP) is 1.64. The third kappa shape index (κ3) is 2.61. The van der Waals surface area contributed by atoms with Gasteiger partial charge in [-0.3, -0.25) is 0 Å². The van der Waals surface area contributed by atoms with Gasteiger partial charge in [-0.25, -0.2) is 4.39 Å². The number of nitrogens with zero attached hydrogens (tertiary/aromatic N) is 1. The van der Waals surface area contributed by atoms with E-state index in [1.807, 2.05) is 6.92 Å². The molecule has 2 N–H and O–H groups in total. The number of ether oxygens (including phenoxy) is 2. The Morgan fingerprint density at radius 2 is 2.12 bits per heavy atom. The van der Waals surface area contributed by atoms with Crippen LogP contribution in [0.4, 0.5) is 15.8 Å². The van der Waals surface area contributed by atoms with Crippen LogP contribution in [0.3, 0.4) is 0 Å². The molecule has 1 aromatic rings. The van der Waals surface area contributed by atoms with E-state index in [-0.39, 0.29) is 5.69 Å². The molecule has 0 atom stereocenters. The van der Waals surface area contributed by atoms with Gasteiger partial charge in [-0.1, -0.05) is 0 Å². The van der Waals surface area contributed by atoms with Crippen molar-refractivity contribution in [3.8, 4) is 5.75 Å². The summed E-state index contributed by atoms with van der Waals surface area (Å²) in [6, 6.07) is 2.98. The molecule has 1 aliphatic rings. The lowest BCUT2D eigenvalue weighted by Crippen LogP contribution is -2.36. The van der Waals surface area contributed by atoms with Crippen molar-refractivity contribution in [2.24, 2.45) is 0 Å². The zero-order valence-electron chi connectivity index (χ0n) is 9.91.